The molecular formula is C11H17N5O3. The average molecular weight is 267 g/mol. The molecule has 1 heterocycles. The van der Waals surface area contributed by atoms with Gasteiger partial charge in [0.1, 0.15) is 0 Å². The van der Waals surface area contributed by atoms with Crippen molar-refractivity contribution in [2.24, 2.45) is 0 Å². The van der Waals surface area contributed by atoms with Crippen molar-refractivity contribution < 1.29 is 14.7 Å². The van der Waals surface area contributed by atoms with Crippen LogP contribution < -0.4 is 10.6 Å². The Balaban J connectivity index is 2.27. The van der Waals surface area contributed by atoms with E-state index in [0.717, 1.165) is 0 Å². The smallest absolute Gasteiger partial charge is 0.321 e. The van der Waals surface area contributed by atoms with Crippen LogP contribution in [0, 0.1) is 13.8 Å². The number of carboxylic acid groups (broad SMARTS) is 1. The minimum Gasteiger partial charge on any atom is -0.481 e. The van der Waals surface area contributed by atoms with E-state index in [2.05, 4.69) is 25.8 Å². The van der Waals surface area contributed by atoms with Gasteiger partial charge in [0.25, 0.3) is 5.95 Å². The van der Waals surface area contributed by atoms with E-state index in [0.29, 0.717) is 30.8 Å². The first-order chi connectivity index (χ1) is 8.99. The molecule has 0 radical (unpaired) electrons. The van der Waals surface area contributed by atoms with Gasteiger partial charge >= 0.3 is 12.0 Å². The number of hydrogen-bond acceptors (Lipinski definition) is 5. The highest BCUT2D eigenvalue weighted by Crippen LogP contribution is 2.01. The largest absolute Gasteiger partial charge is 0.481 e. The molecule has 3 N–H and O–H groups in total. The lowest BCUT2D eigenvalue weighted by Crippen LogP contribution is -2.30. The molecule has 0 fully saturated rings. The number of nitrogens with one attached hydrogen (secondary N) is 2. The van der Waals surface area contributed by atoms with Gasteiger partial charge in [-0.2, -0.15) is 5.10 Å². The van der Waals surface area contributed by atoms with Gasteiger partial charge in [0.2, 0.25) is 0 Å². The Kier molecular flexibility index (Phi) is 5.65. The molecule has 0 aliphatic heterocycles. The van der Waals surface area contributed by atoms with Gasteiger partial charge in [0.05, 0.1) is 11.4 Å². The molecule has 0 spiro atoms. The van der Waals surface area contributed by atoms with Crippen LogP contribution in [0.2, 0.25) is 0 Å². The van der Waals surface area contributed by atoms with Crippen LogP contribution in [0.5, 0.6) is 0 Å². The van der Waals surface area contributed by atoms with Crippen LogP contribution in [0.1, 0.15) is 30.7 Å². The molecule has 2 amide bonds. The zero-order valence-electron chi connectivity index (χ0n) is 10.9. The molecule has 1 aromatic rings. The number of urea groups is 1. The van der Waals surface area contributed by atoms with E-state index in [1.54, 1.807) is 13.8 Å². The Morgan fingerprint density at radius 1 is 1.16 bits per heavy atom. The van der Waals surface area contributed by atoms with Crippen molar-refractivity contribution in [1.82, 2.24) is 20.5 Å². The number of carbonyl (C=O) groups is 2. The third-order valence-corrected chi connectivity index (χ3v) is 2.42. The van der Waals surface area contributed by atoms with Crippen LogP contribution in [0.4, 0.5) is 10.7 Å². The summed E-state index contributed by atoms with van der Waals surface area (Å²) >= 11 is 0. The minimum atomic E-state index is -0.834. The second-order valence-electron chi connectivity index (χ2n) is 4.04. The van der Waals surface area contributed by atoms with Crippen molar-refractivity contribution in [3.8, 4) is 0 Å². The van der Waals surface area contributed by atoms with Gasteiger partial charge in [0, 0.05) is 13.0 Å². The zero-order valence-corrected chi connectivity index (χ0v) is 10.9. The fraction of sp³-hybridized carbons (Fsp3) is 0.545. The molecule has 0 aliphatic carbocycles. The summed E-state index contributed by atoms with van der Waals surface area (Å²) in [7, 11) is 0. The van der Waals surface area contributed by atoms with Crippen molar-refractivity contribution in [3.63, 3.8) is 0 Å². The molecule has 0 unspecified atom stereocenters. The van der Waals surface area contributed by atoms with Gasteiger partial charge < -0.3 is 10.4 Å². The minimum absolute atomic E-state index is 0.105. The number of hydrogen-bond donors (Lipinski definition) is 3. The van der Waals surface area contributed by atoms with E-state index in [1.807, 2.05) is 0 Å². The molecule has 8 heteroatoms. The third kappa shape index (κ3) is 5.75. The standard InChI is InChI=1S/C11H17N5O3/c1-7-8(2)15-16-10(13-7)14-11(19)12-6-4-3-5-9(17)18/h3-6H2,1-2H3,(H,17,18)(H2,12,13,14,16,19). The molecule has 0 saturated heterocycles. The predicted octanol–water partition coefficient (Wildman–Crippen LogP) is 0.865. The summed E-state index contributed by atoms with van der Waals surface area (Å²) in [4.78, 5) is 25.8. The predicted molar refractivity (Wildman–Crippen MR) is 67.8 cm³/mol. The number of carbonyl (C=O) groups excluding carboxylic acids is 1. The molecular weight excluding hydrogens is 250 g/mol. The number of carboxylic acids is 1. The summed E-state index contributed by atoms with van der Waals surface area (Å²) < 4.78 is 0. The Labute approximate surface area is 110 Å². The van der Waals surface area contributed by atoms with E-state index in [4.69, 9.17) is 5.11 Å². The van der Waals surface area contributed by atoms with E-state index >= 15 is 0 Å². The molecule has 8 nitrogen and oxygen atoms in total. The molecule has 0 atom stereocenters. The number of aliphatic carboxylic acids is 1. The SMILES string of the molecule is Cc1nnc(NC(=O)NCCCCC(=O)O)nc1C. The summed E-state index contributed by atoms with van der Waals surface area (Å²) in [5.41, 5.74) is 1.41. The Bertz CT molecular complexity index is 464. The maximum Gasteiger partial charge on any atom is 0.321 e. The second kappa shape index (κ2) is 7.24. The highest BCUT2D eigenvalue weighted by atomic mass is 16.4. The van der Waals surface area contributed by atoms with E-state index in [-0.39, 0.29) is 12.4 Å². The number of aromatic nitrogens is 3. The number of unbranched alkanes of at least 4 members (excludes halogenated alkanes) is 1. The summed E-state index contributed by atoms with van der Waals surface area (Å²) in [5.74, 6) is -0.690. The molecule has 0 bridgehead atoms. The van der Waals surface area contributed by atoms with Gasteiger partial charge in [-0.05, 0) is 26.7 Å². The van der Waals surface area contributed by atoms with Crippen LogP contribution in [0.3, 0.4) is 0 Å². The fourth-order valence-corrected chi connectivity index (χ4v) is 1.26. The highest BCUT2D eigenvalue weighted by Gasteiger charge is 2.05. The van der Waals surface area contributed by atoms with E-state index in [9.17, 15) is 9.59 Å². The first kappa shape index (κ1) is 14.8. The molecule has 1 rings (SSSR count). The van der Waals surface area contributed by atoms with E-state index in [1.165, 1.54) is 0 Å². The molecule has 19 heavy (non-hydrogen) atoms. The number of nitrogens with zero attached hydrogens (tertiary/aromatic N) is 3. The first-order valence-corrected chi connectivity index (χ1v) is 5.93. The van der Waals surface area contributed by atoms with Crippen molar-refractivity contribution >= 4 is 17.9 Å². The molecule has 0 aliphatic rings. The normalized spacial score (nSPS) is 10.0. The van der Waals surface area contributed by atoms with Gasteiger partial charge in [-0.25, -0.2) is 9.78 Å². The van der Waals surface area contributed by atoms with Crippen LogP contribution in [-0.2, 0) is 4.79 Å². The summed E-state index contributed by atoms with van der Waals surface area (Å²) in [5, 5.41) is 21.1. The van der Waals surface area contributed by atoms with Crippen LogP contribution in [0.15, 0.2) is 0 Å². The topological polar surface area (TPSA) is 117 Å². The molecule has 104 valence electrons. The maximum absolute atomic E-state index is 11.5. The van der Waals surface area contributed by atoms with Gasteiger partial charge in [-0.3, -0.25) is 10.1 Å². The first-order valence-electron chi connectivity index (χ1n) is 5.93. The third-order valence-electron chi connectivity index (χ3n) is 2.42. The van der Waals surface area contributed by atoms with Gasteiger partial charge in [-0.1, -0.05) is 0 Å². The number of amides is 2. The molecule has 1 aromatic heterocycles. The zero-order chi connectivity index (χ0) is 14.3. The highest BCUT2D eigenvalue weighted by molar-refractivity contribution is 5.87. The van der Waals surface area contributed by atoms with Crippen molar-refractivity contribution in [2.75, 3.05) is 11.9 Å². The van der Waals surface area contributed by atoms with Crippen molar-refractivity contribution in [2.45, 2.75) is 33.1 Å². The monoisotopic (exact) mass is 267 g/mol. The van der Waals surface area contributed by atoms with Crippen molar-refractivity contribution in [3.05, 3.63) is 11.4 Å². The molecule has 0 aromatic carbocycles. The Morgan fingerprint density at radius 2 is 1.89 bits per heavy atom. The van der Waals surface area contributed by atoms with E-state index < -0.39 is 12.0 Å². The lowest BCUT2D eigenvalue weighted by Gasteiger charge is -2.06. The number of rotatable bonds is 6. The number of aryl methyl sites for hydroxylation is 2. The summed E-state index contributed by atoms with van der Waals surface area (Å²) in [6.45, 7) is 3.96. The quantitative estimate of drug-likeness (QED) is 0.658. The summed E-state index contributed by atoms with van der Waals surface area (Å²) in [6.07, 6.45) is 1.23. The lowest BCUT2D eigenvalue weighted by atomic mass is 10.2. The van der Waals surface area contributed by atoms with Gasteiger partial charge in [-0.15, -0.1) is 5.10 Å². The average Bonchev–Trinajstić information content (AvgIpc) is 2.33. The molecule has 0 saturated carbocycles. The number of anilines is 1. The Hall–Kier alpha value is -2.25. The van der Waals surface area contributed by atoms with Crippen LogP contribution in [-0.4, -0.2) is 38.8 Å². The van der Waals surface area contributed by atoms with Crippen LogP contribution in [0.25, 0.3) is 0 Å². The van der Waals surface area contributed by atoms with Crippen LogP contribution >= 0.6 is 0 Å². The summed E-state index contributed by atoms with van der Waals surface area (Å²) in [6, 6.07) is -0.430. The van der Waals surface area contributed by atoms with Crippen molar-refractivity contribution in [1.29, 1.82) is 0 Å². The second-order valence-corrected chi connectivity index (χ2v) is 4.04. The fourth-order valence-electron chi connectivity index (χ4n) is 1.26. The maximum atomic E-state index is 11.5. The lowest BCUT2D eigenvalue weighted by molar-refractivity contribution is -0.137. The van der Waals surface area contributed by atoms with Gasteiger partial charge in [0.15, 0.2) is 0 Å². The Morgan fingerprint density at radius 3 is 2.53 bits per heavy atom.